The first-order chi connectivity index (χ1) is 10.7. The van der Waals surface area contributed by atoms with Gasteiger partial charge in [-0.1, -0.05) is 30.3 Å². The lowest BCUT2D eigenvalue weighted by molar-refractivity contribution is 0.626. The van der Waals surface area contributed by atoms with Gasteiger partial charge in [0, 0.05) is 11.9 Å². The average Bonchev–Trinajstić information content (AvgIpc) is 2.83. The van der Waals surface area contributed by atoms with E-state index in [0.29, 0.717) is 17.7 Å². The second-order valence-corrected chi connectivity index (χ2v) is 5.07. The number of halogens is 1. The molecule has 4 rings (SSSR count). The monoisotopic (exact) mass is 293 g/mol. The molecule has 2 aromatic heterocycles. The van der Waals surface area contributed by atoms with E-state index in [1.807, 2.05) is 28.8 Å². The third-order valence-electron chi connectivity index (χ3n) is 3.64. The largest absolute Gasteiger partial charge is 0.366 e. The SMILES string of the molecule is Nc1nnc2c3ccccc3n(Cc3ccc(F)cc3)c2n1. The van der Waals surface area contributed by atoms with Crippen molar-refractivity contribution in [1.29, 1.82) is 0 Å². The van der Waals surface area contributed by atoms with Crippen LogP contribution in [-0.4, -0.2) is 19.7 Å². The van der Waals surface area contributed by atoms with Crippen LogP contribution < -0.4 is 5.73 Å². The van der Waals surface area contributed by atoms with Gasteiger partial charge in [0.2, 0.25) is 5.95 Å². The summed E-state index contributed by atoms with van der Waals surface area (Å²) in [4.78, 5) is 4.32. The predicted molar refractivity (Wildman–Crippen MR) is 82.7 cm³/mol. The van der Waals surface area contributed by atoms with Crippen molar-refractivity contribution in [1.82, 2.24) is 19.7 Å². The van der Waals surface area contributed by atoms with E-state index in [2.05, 4.69) is 15.2 Å². The Morgan fingerprint density at radius 3 is 2.59 bits per heavy atom. The summed E-state index contributed by atoms with van der Waals surface area (Å²) >= 11 is 0. The number of nitrogens with two attached hydrogens (primary N) is 1. The molecule has 0 spiro atoms. The van der Waals surface area contributed by atoms with Gasteiger partial charge in [-0.2, -0.15) is 4.98 Å². The van der Waals surface area contributed by atoms with E-state index in [9.17, 15) is 4.39 Å². The van der Waals surface area contributed by atoms with Crippen LogP contribution in [0.25, 0.3) is 22.1 Å². The molecular weight excluding hydrogens is 281 g/mol. The number of aromatic nitrogens is 4. The van der Waals surface area contributed by atoms with E-state index < -0.39 is 0 Å². The molecule has 0 bridgehead atoms. The highest BCUT2D eigenvalue weighted by atomic mass is 19.1. The van der Waals surface area contributed by atoms with Crippen molar-refractivity contribution in [3.05, 3.63) is 59.9 Å². The molecule has 22 heavy (non-hydrogen) atoms. The fourth-order valence-electron chi connectivity index (χ4n) is 2.65. The van der Waals surface area contributed by atoms with Gasteiger partial charge in [-0.05, 0) is 23.8 Å². The summed E-state index contributed by atoms with van der Waals surface area (Å²) < 4.78 is 15.1. The maximum Gasteiger partial charge on any atom is 0.242 e. The Morgan fingerprint density at radius 2 is 1.77 bits per heavy atom. The molecule has 6 heteroatoms. The van der Waals surface area contributed by atoms with Crippen LogP contribution in [-0.2, 0) is 6.54 Å². The van der Waals surface area contributed by atoms with E-state index in [1.165, 1.54) is 12.1 Å². The number of anilines is 1. The fraction of sp³-hybridized carbons (Fsp3) is 0.0625. The molecule has 4 aromatic rings. The first kappa shape index (κ1) is 12.7. The molecule has 108 valence electrons. The molecule has 2 heterocycles. The Morgan fingerprint density at radius 1 is 1.00 bits per heavy atom. The molecule has 0 amide bonds. The van der Waals surface area contributed by atoms with Crippen LogP contribution in [0.3, 0.4) is 0 Å². The maximum atomic E-state index is 13.1. The van der Waals surface area contributed by atoms with Crippen LogP contribution in [0.2, 0.25) is 0 Å². The molecule has 0 aliphatic rings. The minimum Gasteiger partial charge on any atom is -0.366 e. The van der Waals surface area contributed by atoms with Crippen LogP contribution in [0.5, 0.6) is 0 Å². The van der Waals surface area contributed by atoms with Gasteiger partial charge >= 0.3 is 0 Å². The first-order valence-corrected chi connectivity index (χ1v) is 6.84. The fourth-order valence-corrected chi connectivity index (χ4v) is 2.65. The maximum absolute atomic E-state index is 13.1. The summed E-state index contributed by atoms with van der Waals surface area (Å²) in [5.74, 6) is -0.116. The zero-order valence-corrected chi connectivity index (χ0v) is 11.6. The summed E-state index contributed by atoms with van der Waals surface area (Å²) in [6, 6.07) is 14.3. The van der Waals surface area contributed by atoms with Gasteiger partial charge in [-0.3, -0.25) is 0 Å². The van der Waals surface area contributed by atoms with Crippen molar-refractivity contribution in [2.24, 2.45) is 0 Å². The Labute approximate surface area is 125 Å². The highest BCUT2D eigenvalue weighted by Crippen LogP contribution is 2.26. The van der Waals surface area contributed by atoms with E-state index >= 15 is 0 Å². The number of nitrogens with zero attached hydrogens (tertiary/aromatic N) is 4. The minimum absolute atomic E-state index is 0.135. The number of benzene rings is 2. The zero-order chi connectivity index (χ0) is 15.1. The van der Waals surface area contributed by atoms with Gasteiger partial charge in [0.15, 0.2) is 5.65 Å². The minimum atomic E-state index is -0.251. The molecule has 2 aromatic carbocycles. The van der Waals surface area contributed by atoms with Crippen molar-refractivity contribution >= 4 is 28.0 Å². The summed E-state index contributed by atoms with van der Waals surface area (Å²) in [5.41, 5.74) is 9.04. The molecule has 2 N–H and O–H groups in total. The molecule has 0 unspecified atom stereocenters. The Kier molecular flexibility index (Phi) is 2.75. The summed E-state index contributed by atoms with van der Waals surface area (Å²) in [6.45, 7) is 0.558. The molecule has 0 radical (unpaired) electrons. The summed E-state index contributed by atoms with van der Waals surface area (Å²) in [7, 11) is 0. The van der Waals surface area contributed by atoms with E-state index in [0.717, 1.165) is 16.5 Å². The lowest BCUT2D eigenvalue weighted by Crippen LogP contribution is -2.03. The van der Waals surface area contributed by atoms with Gasteiger partial charge < -0.3 is 10.3 Å². The topological polar surface area (TPSA) is 69.6 Å². The molecule has 0 saturated carbocycles. The Balaban J connectivity index is 1.97. The lowest BCUT2D eigenvalue weighted by atomic mass is 10.2. The number of nitrogen functional groups attached to an aromatic ring is 1. The van der Waals surface area contributed by atoms with Crippen molar-refractivity contribution in [2.75, 3.05) is 5.73 Å². The van der Waals surface area contributed by atoms with Crippen LogP contribution in [0, 0.1) is 5.82 Å². The van der Waals surface area contributed by atoms with Gasteiger partial charge in [0.05, 0.1) is 5.52 Å². The standard InChI is InChI=1S/C16H12FN5/c17-11-7-5-10(6-8-11)9-22-13-4-2-1-3-12(13)14-15(22)19-16(18)21-20-14/h1-8H,9H2,(H2,18,19,21). The van der Waals surface area contributed by atoms with Gasteiger partial charge in [-0.25, -0.2) is 4.39 Å². The third kappa shape index (κ3) is 1.96. The van der Waals surface area contributed by atoms with Crippen molar-refractivity contribution < 1.29 is 4.39 Å². The Bertz CT molecular complexity index is 975. The predicted octanol–water partition coefficient (Wildman–Crippen LogP) is 2.75. The first-order valence-electron chi connectivity index (χ1n) is 6.84. The van der Waals surface area contributed by atoms with Gasteiger partial charge in [0.1, 0.15) is 11.3 Å². The third-order valence-corrected chi connectivity index (χ3v) is 3.64. The highest BCUT2D eigenvalue weighted by molar-refractivity contribution is 6.04. The molecule has 0 saturated heterocycles. The highest BCUT2D eigenvalue weighted by Gasteiger charge is 2.14. The number of rotatable bonds is 2. The van der Waals surface area contributed by atoms with Crippen molar-refractivity contribution in [3.63, 3.8) is 0 Å². The Hall–Kier alpha value is -3.02. The van der Waals surface area contributed by atoms with Crippen LogP contribution in [0.15, 0.2) is 48.5 Å². The quantitative estimate of drug-likeness (QED) is 0.617. The summed E-state index contributed by atoms with van der Waals surface area (Å²) in [5, 5.41) is 8.98. The smallest absolute Gasteiger partial charge is 0.242 e. The molecule has 5 nitrogen and oxygen atoms in total. The number of hydrogen-bond acceptors (Lipinski definition) is 4. The molecule has 0 atom stereocenters. The van der Waals surface area contributed by atoms with Gasteiger partial charge in [0.25, 0.3) is 0 Å². The van der Waals surface area contributed by atoms with E-state index in [4.69, 9.17) is 5.73 Å². The van der Waals surface area contributed by atoms with Gasteiger partial charge in [-0.15, -0.1) is 10.2 Å². The van der Waals surface area contributed by atoms with E-state index in [-0.39, 0.29) is 11.8 Å². The molecule has 0 aliphatic carbocycles. The van der Waals surface area contributed by atoms with Crippen LogP contribution >= 0.6 is 0 Å². The van der Waals surface area contributed by atoms with Crippen LogP contribution in [0.1, 0.15) is 5.56 Å². The summed E-state index contributed by atoms with van der Waals surface area (Å²) in [6.07, 6.45) is 0. The molecule has 0 fully saturated rings. The van der Waals surface area contributed by atoms with E-state index in [1.54, 1.807) is 12.1 Å². The number of hydrogen-bond donors (Lipinski definition) is 1. The lowest BCUT2D eigenvalue weighted by Gasteiger charge is -2.07. The number of para-hydroxylation sites is 1. The average molecular weight is 293 g/mol. The zero-order valence-electron chi connectivity index (χ0n) is 11.6. The van der Waals surface area contributed by atoms with Crippen molar-refractivity contribution in [2.45, 2.75) is 6.54 Å². The normalized spacial score (nSPS) is 11.3. The second kappa shape index (κ2) is 4.77. The molecule has 0 aliphatic heterocycles. The number of fused-ring (bicyclic) bond motifs is 3. The second-order valence-electron chi connectivity index (χ2n) is 5.07. The van der Waals surface area contributed by atoms with Crippen LogP contribution in [0.4, 0.5) is 10.3 Å². The molecular formula is C16H12FN5. The van der Waals surface area contributed by atoms with Crippen molar-refractivity contribution in [3.8, 4) is 0 Å².